The van der Waals surface area contributed by atoms with Crippen LogP contribution >= 0.6 is 11.8 Å². The Bertz CT molecular complexity index is 888. The molecule has 3 rings (SSSR count). The molecule has 1 aliphatic heterocycles. The van der Waals surface area contributed by atoms with Crippen LogP contribution in [0.15, 0.2) is 47.6 Å². The van der Waals surface area contributed by atoms with Crippen molar-refractivity contribution in [1.82, 2.24) is 9.88 Å². The van der Waals surface area contributed by atoms with Gasteiger partial charge < -0.3 is 9.64 Å². The Balaban J connectivity index is 1.74. The lowest BCUT2D eigenvalue weighted by Crippen LogP contribution is -2.39. The van der Waals surface area contributed by atoms with Gasteiger partial charge in [0.05, 0.1) is 18.8 Å². The number of benzene rings is 1. The van der Waals surface area contributed by atoms with Crippen LogP contribution in [0.5, 0.6) is 0 Å². The predicted octanol–water partition coefficient (Wildman–Crippen LogP) is 4.93. The van der Waals surface area contributed by atoms with E-state index in [-0.39, 0.29) is 22.2 Å². The van der Waals surface area contributed by atoms with Crippen molar-refractivity contribution in [3.63, 3.8) is 0 Å². The summed E-state index contributed by atoms with van der Waals surface area (Å²) in [5.41, 5.74) is -2.36. The standard InChI is InChI=1S/C21H24F3N3O2S/c1-4-29-19(28)18-11-25-10-9-15(18)12-27-14-26(13-20(27,2)3)16-5-7-17(8-6-16)30-21(22,23)24/h5-11H,4,12-14H2,1-3H3. The molecule has 0 aliphatic carbocycles. The number of rotatable bonds is 6. The van der Waals surface area contributed by atoms with E-state index in [1.807, 2.05) is 6.07 Å². The maximum Gasteiger partial charge on any atom is 0.446 e. The molecule has 162 valence electrons. The highest BCUT2D eigenvalue weighted by molar-refractivity contribution is 8.00. The van der Waals surface area contributed by atoms with Gasteiger partial charge in [-0.1, -0.05) is 0 Å². The number of pyridine rings is 1. The highest BCUT2D eigenvalue weighted by Gasteiger charge is 2.37. The van der Waals surface area contributed by atoms with E-state index in [0.717, 1.165) is 11.3 Å². The van der Waals surface area contributed by atoms with Gasteiger partial charge in [0, 0.05) is 41.6 Å². The molecule has 0 unspecified atom stereocenters. The zero-order chi connectivity index (χ0) is 21.9. The molecule has 0 N–H and O–H groups in total. The quantitative estimate of drug-likeness (QED) is 0.470. The molecule has 5 nitrogen and oxygen atoms in total. The van der Waals surface area contributed by atoms with E-state index in [1.165, 1.54) is 18.3 Å². The number of halogens is 3. The van der Waals surface area contributed by atoms with Gasteiger partial charge >= 0.3 is 11.5 Å². The molecule has 30 heavy (non-hydrogen) atoms. The van der Waals surface area contributed by atoms with Gasteiger partial charge in [-0.25, -0.2) is 4.79 Å². The molecule has 1 saturated heterocycles. The van der Waals surface area contributed by atoms with E-state index in [9.17, 15) is 18.0 Å². The molecule has 1 fully saturated rings. The van der Waals surface area contributed by atoms with Crippen LogP contribution < -0.4 is 4.90 Å². The monoisotopic (exact) mass is 439 g/mol. The number of nitrogens with zero attached hydrogens (tertiary/aromatic N) is 3. The number of ether oxygens (including phenoxy) is 1. The third kappa shape index (κ3) is 5.46. The number of carbonyl (C=O) groups is 1. The normalized spacial score (nSPS) is 16.7. The molecule has 0 saturated carbocycles. The largest absolute Gasteiger partial charge is 0.462 e. The second kappa shape index (κ2) is 8.85. The predicted molar refractivity (Wildman–Crippen MR) is 110 cm³/mol. The Morgan fingerprint density at radius 1 is 1.23 bits per heavy atom. The molecule has 0 radical (unpaired) electrons. The number of esters is 1. The van der Waals surface area contributed by atoms with E-state index in [1.54, 1.807) is 25.3 Å². The van der Waals surface area contributed by atoms with Crippen molar-refractivity contribution in [2.75, 3.05) is 24.7 Å². The Labute approximate surface area is 178 Å². The first-order chi connectivity index (χ1) is 14.1. The molecule has 0 atom stereocenters. The molecular weight excluding hydrogens is 415 g/mol. The lowest BCUT2D eigenvalue weighted by Gasteiger charge is -2.30. The zero-order valence-electron chi connectivity index (χ0n) is 17.1. The van der Waals surface area contributed by atoms with Gasteiger partial charge in [-0.05, 0) is 68.4 Å². The maximum absolute atomic E-state index is 12.5. The van der Waals surface area contributed by atoms with Gasteiger partial charge in [-0.3, -0.25) is 9.88 Å². The van der Waals surface area contributed by atoms with Crippen molar-refractivity contribution in [3.05, 3.63) is 53.9 Å². The number of hydrogen-bond donors (Lipinski definition) is 0. The molecule has 2 aromatic rings. The highest BCUT2D eigenvalue weighted by Crippen LogP contribution is 2.38. The molecule has 0 bridgehead atoms. The maximum atomic E-state index is 12.5. The Morgan fingerprint density at radius 3 is 2.57 bits per heavy atom. The molecule has 1 aliphatic rings. The average Bonchev–Trinajstić information content (AvgIpc) is 2.96. The van der Waals surface area contributed by atoms with Crippen molar-refractivity contribution in [3.8, 4) is 0 Å². The Hall–Kier alpha value is -2.26. The Morgan fingerprint density at radius 2 is 1.93 bits per heavy atom. The van der Waals surface area contributed by atoms with Crippen molar-refractivity contribution >= 4 is 23.4 Å². The van der Waals surface area contributed by atoms with Crippen LogP contribution in [0.1, 0.15) is 36.7 Å². The van der Waals surface area contributed by atoms with Gasteiger partial charge in [0.25, 0.3) is 0 Å². The number of anilines is 1. The van der Waals surface area contributed by atoms with Crippen LogP contribution in [-0.2, 0) is 11.3 Å². The highest BCUT2D eigenvalue weighted by atomic mass is 32.2. The van der Waals surface area contributed by atoms with Crippen LogP contribution in [0.4, 0.5) is 18.9 Å². The van der Waals surface area contributed by atoms with Crippen molar-refractivity contribution in [1.29, 1.82) is 0 Å². The van der Waals surface area contributed by atoms with Crippen LogP contribution in [0, 0.1) is 0 Å². The fourth-order valence-corrected chi connectivity index (χ4v) is 4.01. The summed E-state index contributed by atoms with van der Waals surface area (Å²) in [5, 5.41) is 0. The van der Waals surface area contributed by atoms with E-state index in [4.69, 9.17) is 4.74 Å². The first-order valence-corrected chi connectivity index (χ1v) is 10.4. The molecule has 1 aromatic carbocycles. The van der Waals surface area contributed by atoms with Crippen molar-refractivity contribution < 1.29 is 22.7 Å². The van der Waals surface area contributed by atoms with E-state index >= 15 is 0 Å². The smallest absolute Gasteiger partial charge is 0.446 e. The Kier molecular flexibility index (Phi) is 6.62. The fraction of sp³-hybridized carbons (Fsp3) is 0.429. The topological polar surface area (TPSA) is 45.7 Å². The molecule has 0 amide bonds. The minimum absolute atomic E-state index is 0.116. The summed E-state index contributed by atoms with van der Waals surface area (Å²) < 4.78 is 42.8. The summed E-state index contributed by atoms with van der Waals surface area (Å²) in [6, 6.07) is 8.22. The molecular formula is C21H24F3N3O2S. The summed E-state index contributed by atoms with van der Waals surface area (Å²) in [6.45, 7) is 8.08. The average molecular weight is 440 g/mol. The summed E-state index contributed by atoms with van der Waals surface area (Å²) in [5.74, 6) is -0.396. The van der Waals surface area contributed by atoms with Crippen LogP contribution in [0.2, 0.25) is 0 Å². The SMILES string of the molecule is CCOC(=O)c1cnccc1CN1CN(c2ccc(SC(F)(F)F)cc2)CC1(C)C. The van der Waals surface area contributed by atoms with Crippen LogP contribution in [0.3, 0.4) is 0 Å². The summed E-state index contributed by atoms with van der Waals surface area (Å²) in [6.07, 6.45) is 3.17. The lowest BCUT2D eigenvalue weighted by atomic mass is 10.0. The molecule has 2 heterocycles. The second-order valence-electron chi connectivity index (χ2n) is 7.64. The fourth-order valence-electron chi connectivity index (χ4n) is 3.47. The molecule has 1 aromatic heterocycles. The first kappa shape index (κ1) is 22.4. The van der Waals surface area contributed by atoms with E-state index in [0.29, 0.717) is 31.9 Å². The number of hydrogen-bond acceptors (Lipinski definition) is 6. The van der Waals surface area contributed by atoms with Crippen molar-refractivity contribution in [2.45, 2.75) is 43.3 Å². The number of thioether (sulfide) groups is 1. The van der Waals surface area contributed by atoms with Crippen LogP contribution in [-0.4, -0.2) is 46.7 Å². The second-order valence-corrected chi connectivity index (χ2v) is 8.78. The summed E-state index contributed by atoms with van der Waals surface area (Å²) in [4.78, 5) is 20.8. The summed E-state index contributed by atoms with van der Waals surface area (Å²) >= 11 is -0.116. The zero-order valence-corrected chi connectivity index (χ0v) is 17.9. The van der Waals surface area contributed by atoms with E-state index < -0.39 is 11.5 Å². The van der Waals surface area contributed by atoms with E-state index in [2.05, 4.69) is 28.6 Å². The van der Waals surface area contributed by atoms with Crippen molar-refractivity contribution in [2.24, 2.45) is 0 Å². The van der Waals surface area contributed by atoms with Gasteiger partial charge in [-0.2, -0.15) is 13.2 Å². The van der Waals surface area contributed by atoms with Gasteiger partial charge in [-0.15, -0.1) is 0 Å². The van der Waals surface area contributed by atoms with Gasteiger partial charge in [0.15, 0.2) is 0 Å². The summed E-state index contributed by atoms with van der Waals surface area (Å²) in [7, 11) is 0. The lowest BCUT2D eigenvalue weighted by molar-refractivity contribution is -0.0328. The third-order valence-corrected chi connectivity index (χ3v) is 5.72. The first-order valence-electron chi connectivity index (χ1n) is 9.55. The minimum Gasteiger partial charge on any atom is -0.462 e. The number of aromatic nitrogens is 1. The third-order valence-electron chi connectivity index (χ3n) is 4.98. The number of carbonyl (C=O) groups excluding carboxylic acids is 1. The van der Waals surface area contributed by atoms with Crippen LogP contribution in [0.25, 0.3) is 0 Å². The molecule has 9 heteroatoms. The van der Waals surface area contributed by atoms with Gasteiger partial charge in [0.2, 0.25) is 0 Å². The minimum atomic E-state index is -4.30. The van der Waals surface area contributed by atoms with Gasteiger partial charge in [0.1, 0.15) is 0 Å². The number of alkyl halides is 3. The molecule has 0 spiro atoms.